The van der Waals surface area contributed by atoms with E-state index in [1.165, 1.54) is 0 Å². The number of carbonyl (C=O) groups is 1. The number of piperidine rings is 1. The molecule has 3 nitrogen and oxygen atoms in total. The number of amides is 1. The van der Waals surface area contributed by atoms with Crippen molar-refractivity contribution in [3.63, 3.8) is 0 Å². The molecule has 0 saturated carbocycles. The molecule has 0 radical (unpaired) electrons. The highest BCUT2D eigenvalue weighted by Gasteiger charge is 2.21. The van der Waals surface area contributed by atoms with Gasteiger partial charge in [0.15, 0.2) is 0 Å². The van der Waals surface area contributed by atoms with E-state index < -0.39 is 0 Å². The number of hydrogen-bond donors (Lipinski definition) is 0. The van der Waals surface area contributed by atoms with E-state index in [-0.39, 0.29) is 5.91 Å². The van der Waals surface area contributed by atoms with Gasteiger partial charge in [0.1, 0.15) is 5.75 Å². The maximum Gasteiger partial charge on any atom is 0.227 e. The second kappa shape index (κ2) is 6.60. The summed E-state index contributed by atoms with van der Waals surface area (Å²) in [5.41, 5.74) is 1.95. The van der Waals surface area contributed by atoms with Crippen LogP contribution in [0.4, 0.5) is 0 Å². The van der Waals surface area contributed by atoms with Crippen molar-refractivity contribution >= 4 is 12.0 Å². The average molecular weight is 273 g/mol. The van der Waals surface area contributed by atoms with Gasteiger partial charge in [-0.25, -0.2) is 0 Å². The van der Waals surface area contributed by atoms with E-state index in [0.29, 0.717) is 6.42 Å². The van der Waals surface area contributed by atoms with Crippen molar-refractivity contribution in [2.75, 3.05) is 20.2 Å². The number of methoxy groups -OCH3 is 1. The van der Waals surface area contributed by atoms with Crippen LogP contribution >= 0.6 is 0 Å². The summed E-state index contributed by atoms with van der Waals surface area (Å²) in [5, 5.41) is 0. The smallest absolute Gasteiger partial charge is 0.227 e. The number of ether oxygens (including phenoxy) is 1. The predicted molar refractivity (Wildman–Crippen MR) is 81.8 cm³/mol. The summed E-state index contributed by atoms with van der Waals surface area (Å²) in [6.07, 6.45) is 4.41. The predicted octanol–water partition coefficient (Wildman–Crippen LogP) is 3.14. The summed E-state index contributed by atoms with van der Waals surface area (Å²) in [7, 11) is 1.64. The van der Waals surface area contributed by atoms with Crippen LogP contribution in [0, 0.1) is 5.92 Å². The third kappa shape index (κ3) is 3.41. The van der Waals surface area contributed by atoms with E-state index in [1.54, 1.807) is 13.2 Å². The van der Waals surface area contributed by atoms with Crippen LogP contribution < -0.4 is 4.74 Å². The first-order chi connectivity index (χ1) is 9.63. The average Bonchev–Trinajstić information content (AvgIpc) is 2.48. The van der Waals surface area contributed by atoms with Crippen LogP contribution in [-0.2, 0) is 11.2 Å². The highest BCUT2D eigenvalue weighted by atomic mass is 16.5. The molecule has 0 atom stereocenters. The third-order valence-electron chi connectivity index (χ3n) is 4.02. The van der Waals surface area contributed by atoms with Gasteiger partial charge in [-0.15, -0.1) is 0 Å². The Labute approximate surface area is 121 Å². The lowest BCUT2D eigenvalue weighted by atomic mass is 9.98. The number of benzene rings is 1. The molecule has 3 heteroatoms. The minimum atomic E-state index is 0.196. The standard InChI is InChI=1S/C17H23NO2/c1-4-14-5-6-15(16(11-14)20-3)12-17(19)18-9-7-13(2)8-10-18/h4-6,11,13H,1,7-10,12H2,2-3H3. The molecule has 0 spiro atoms. The van der Waals surface area contributed by atoms with Crippen LogP contribution in [0.5, 0.6) is 5.75 Å². The molecule has 108 valence electrons. The van der Waals surface area contributed by atoms with E-state index in [2.05, 4.69) is 13.5 Å². The first kappa shape index (κ1) is 14.6. The highest BCUT2D eigenvalue weighted by molar-refractivity contribution is 5.79. The Morgan fingerprint density at radius 2 is 2.15 bits per heavy atom. The molecule has 2 rings (SSSR count). The normalized spacial score (nSPS) is 16.0. The zero-order valence-electron chi connectivity index (χ0n) is 12.4. The lowest BCUT2D eigenvalue weighted by molar-refractivity contribution is -0.131. The molecule has 1 saturated heterocycles. The van der Waals surface area contributed by atoms with Crippen molar-refractivity contribution in [3.05, 3.63) is 35.9 Å². The topological polar surface area (TPSA) is 29.5 Å². The van der Waals surface area contributed by atoms with Crippen molar-refractivity contribution in [3.8, 4) is 5.75 Å². The molecule has 1 aromatic rings. The first-order valence-electron chi connectivity index (χ1n) is 7.21. The van der Waals surface area contributed by atoms with Gasteiger partial charge in [0.25, 0.3) is 0 Å². The molecule has 1 aliphatic heterocycles. The fourth-order valence-electron chi connectivity index (χ4n) is 2.57. The summed E-state index contributed by atoms with van der Waals surface area (Å²) < 4.78 is 5.37. The minimum absolute atomic E-state index is 0.196. The third-order valence-corrected chi connectivity index (χ3v) is 4.02. The van der Waals surface area contributed by atoms with Crippen molar-refractivity contribution in [2.45, 2.75) is 26.2 Å². The van der Waals surface area contributed by atoms with Gasteiger partial charge in [0.2, 0.25) is 5.91 Å². The van der Waals surface area contributed by atoms with Crippen molar-refractivity contribution < 1.29 is 9.53 Å². The molecule has 1 aliphatic rings. The Balaban J connectivity index is 2.05. The summed E-state index contributed by atoms with van der Waals surface area (Å²) in [6.45, 7) is 7.76. The zero-order valence-corrected chi connectivity index (χ0v) is 12.4. The Morgan fingerprint density at radius 3 is 2.75 bits per heavy atom. The quantitative estimate of drug-likeness (QED) is 0.843. The van der Waals surface area contributed by atoms with Crippen molar-refractivity contribution in [1.82, 2.24) is 4.90 Å². The maximum atomic E-state index is 12.3. The number of nitrogens with zero attached hydrogens (tertiary/aromatic N) is 1. The Hall–Kier alpha value is -1.77. The van der Waals surface area contributed by atoms with E-state index >= 15 is 0 Å². The van der Waals surface area contributed by atoms with Crippen LogP contribution in [0.25, 0.3) is 6.08 Å². The first-order valence-corrected chi connectivity index (χ1v) is 7.21. The number of likely N-dealkylation sites (tertiary alicyclic amines) is 1. The zero-order chi connectivity index (χ0) is 14.5. The molecule has 1 heterocycles. The highest BCUT2D eigenvalue weighted by Crippen LogP contribution is 2.23. The molecule has 1 aromatic carbocycles. The fraction of sp³-hybridized carbons (Fsp3) is 0.471. The fourth-order valence-corrected chi connectivity index (χ4v) is 2.57. The number of carbonyl (C=O) groups excluding carboxylic acids is 1. The van der Waals surface area contributed by atoms with Gasteiger partial charge in [0.05, 0.1) is 13.5 Å². The Bertz CT molecular complexity index is 488. The summed E-state index contributed by atoms with van der Waals surface area (Å²) in [4.78, 5) is 14.3. The van der Waals surface area contributed by atoms with E-state index in [4.69, 9.17) is 4.74 Å². The van der Waals surface area contributed by atoms with E-state index in [9.17, 15) is 4.79 Å². The second-order valence-corrected chi connectivity index (χ2v) is 5.52. The largest absolute Gasteiger partial charge is 0.496 e. The van der Waals surface area contributed by atoms with Crippen molar-refractivity contribution in [1.29, 1.82) is 0 Å². The molecule has 0 N–H and O–H groups in total. The van der Waals surface area contributed by atoms with Crippen LogP contribution in [0.3, 0.4) is 0 Å². The summed E-state index contributed by atoms with van der Waals surface area (Å²) in [5.74, 6) is 1.70. The molecule has 0 bridgehead atoms. The Morgan fingerprint density at radius 1 is 1.45 bits per heavy atom. The van der Waals surface area contributed by atoms with Gasteiger partial charge >= 0.3 is 0 Å². The second-order valence-electron chi connectivity index (χ2n) is 5.52. The molecular weight excluding hydrogens is 250 g/mol. The SMILES string of the molecule is C=Cc1ccc(CC(=O)N2CCC(C)CC2)c(OC)c1. The molecule has 1 fully saturated rings. The summed E-state index contributed by atoms with van der Waals surface area (Å²) in [6, 6.07) is 5.85. The molecule has 0 aliphatic carbocycles. The van der Waals surface area contributed by atoms with Gasteiger partial charge < -0.3 is 9.64 Å². The maximum absolute atomic E-state index is 12.3. The number of hydrogen-bond acceptors (Lipinski definition) is 2. The number of rotatable bonds is 4. The lowest BCUT2D eigenvalue weighted by Crippen LogP contribution is -2.38. The van der Waals surface area contributed by atoms with Crippen LogP contribution in [0.2, 0.25) is 0 Å². The van der Waals surface area contributed by atoms with Crippen LogP contribution in [0.15, 0.2) is 24.8 Å². The van der Waals surface area contributed by atoms with Crippen LogP contribution in [-0.4, -0.2) is 31.0 Å². The van der Waals surface area contributed by atoms with Gasteiger partial charge in [-0.2, -0.15) is 0 Å². The molecule has 1 amide bonds. The lowest BCUT2D eigenvalue weighted by Gasteiger charge is -2.30. The van der Waals surface area contributed by atoms with Gasteiger partial charge in [-0.3, -0.25) is 4.79 Å². The Kier molecular flexibility index (Phi) is 4.83. The van der Waals surface area contributed by atoms with E-state index in [1.807, 2.05) is 23.1 Å². The molecular formula is C17H23NO2. The molecule has 20 heavy (non-hydrogen) atoms. The molecule has 0 unspecified atom stereocenters. The summed E-state index contributed by atoms with van der Waals surface area (Å²) >= 11 is 0. The minimum Gasteiger partial charge on any atom is -0.496 e. The monoisotopic (exact) mass is 273 g/mol. The van der Waals surface area contributed by atoms with Crippen molar-refractivity contribution in [2.24, 2.45) is 5.92 Å². The van der Waals surface area contributed by atoms with Gasteiger partial charge in [-0.1, -0.05) is 31.7 Å². The van der Waals surface area contributed by atoms with Gasteiger partial charge in [-0.05, 0) is 30.4 Å². The van der Waals surface area contributed by atoms with Crippen LogP contribution in [0.1, 0.15) is 30.9 Å². The van der Waals surface area contributed by atoms with E-state index in [0.717, 1.165) is 48.7 Å². The van der Waals surface area contributed by atoms with Gasteiger partial charge in [0, 0.05) is 18.7 Å². The molecule has 0 aromatic heterocycles.